The highest BCUT2D eigenvalue weighted by atomic mass is 16.5. The molecular formula is C35H39N7O4. The van der Waals surface area contributed by atoms with Crippen LogP contribution in [-0.2, 0) is 33.8 Å². The van der Waals surface area contributed by atoms with E-state index in [0.29, 0.717) is 52.0 Å². The highest BCUT2D eigenvalue weighted by Gasteiger charge is 2.54. The average molecular weight is 622 g/mol. The van der Waals surface area contributed by atoms with Gasteiger partial charge in [-0.2, -0.15) is 0 Å². The lowest BCUT2D eigenvalue weighted by Gasteiger charge is -2.44. The number of nitrogens with zero attached hydrogens (tertiary/aromatic N) is 5. The van der Waals surface area contributed by atoms with Crippen LogP contribution < -0.4 is 15.0 Å². The molecule has 0 radical (unpaired) electrons. The molecule has 11 heteroatoms. The van der Waals surface area contributed by atoms with Crippen LogP contribution in [-0.4, -0.2) is 80.9 Å². The Bertz CT molecular complexity index is 1610. The summed E-state index contributed by atoms with van der Waals surface area (Å²) < 4.78 is 5.29. The van der Waals surface area contributed by atoms with Crippen LogP contribution in [0.4, 0.5) is 5.69 Å². The Morgan fingerprint density at radius 1 is 0.978 bits per heavy atom. The molecule has 2 aliphatic heterocycles. The van der Waals surface area contributed by atoms with Crippen LogP contribution >= 0.6 is 0 Å². The number of methoxy groups -OCH3 is 1. The number of carbonyl (C=O) groups is 3. The molecular weight excluding hydrogens is 582 g/mol. The highest BCUT2D eigenvalue weighted by molar-refractivity contribution is 5.94. The van der Waals surface area contributed by atoms with E-state index in [1.165, 1.54) is 0 Å². The molecule has 0 bridgehead atoms. The Hall–Kier alpha value is -5.19. The lowest BCUT2D eigenvalue weighted by atomic mass is 9.85. The van der Waals surface area contributed by atoms with Gasteiger partial charge in [0.25, 0.3) is 0 Å². The summed E-state index contributed by atoms with van der Waals surface area (Å²) in [6.07, 6.45) is 8.82. The predicted molar refractivity (Wildman–Crippen MR) is 173 cm³/mol. The number of para-hydroxylation sites is 1. The molecule has 11 nitrogen and oxygen atoms in total. The zero-order valence-electron chi connectivity index (χ0n) is 26.0. The van der Waals surface area contributed by atoms with E-state index < -0.39 is 11.6 Å². The Morgan fingerprint density at radius 2 is 1.76 bits per heavy atom. The number of aryl methyl sites for hydroxylation is 1. The van der Waals surface area contributed by atoms with Gasteiger partial charge in [0.1, 0.15) is 17.3 Å². The smallest absolute Gasteiger partial charge is 0.250 e. The van der Waals surface area contributed by atoms with Crippen molar-refractivity contribution in [2.45, 2.75) is 50.2 Å². The fourth-order valence-electron chi connectivity index (χ4n) is 6.49. The van der Waals surface area contributed by atoms with Crippen LogP contribution in [0.3, 0.4) is 0 Å². The lowest BCUT2D eigenvalue weighted by molar-refractivity contribution is -0.141. The molecule has 2 aromatic heterocycles. The topological polar surface area (TPSA) is 124 Å². The average Bonchev–Trinajstić information content (AvgIpc) is 3.71. The molecule has 0 saturated carbocycles. The number of rotatable bonds is 11. The summed E-state index contributed by atoms with van der Waals surface area (Å²) in [6.45, 7) is 1.72. The van der Waals surface area contributed by atoms with Crippen molar-refractivity contribution >= 4 is 23.4 Å². The number of piperidine rings is 1. The van der Waals surface area contributed by atoms with Crippen molar-refractivity contribution in [3.05, 3.63) is 108 Å². The van der Waals surface area contributed by atoms with Gasteiger partial charge < -0.3 is 29.7 Å². The van der Waals surface area contributed by atoms with E-state index in [-0.39, 0.29) is 24.1 Å². The number of benzene rings is 2. The third-order valence-corrected chi connectivity index (χ3v) is 8.99. The van der Waals surface area contributed by atoms with Crippen LogP contribution in [0.2, 0.25) is 0 Å². The molecule has 0 aliphatic carbocycles. The molecule has 2 saturated heterocycles. The van der Waals surface area contributed by atoms with Gasteiger partial charge in [-0.25, -0.2) is 4.98 Å². The number of hydrogen-bond acceptors (Lipinski definition) is 7. The van der Waals surface area contributed by atoms with E-state index in [1.54, 1.807) is 36.9 Å². The van der Waals surface area contributed by atoms with Gasteiger partial charge in [-0.3, -0.25) is 19.4 Å². The van der Waals surface area contributed by atoms with Crippen molar-refractivity contribution in [1.82, 2.24) is 30.1 Å². The first-order valence-corrected chi connectivity index (χ1v) is 15.6. The van der Waals surface area contributed by atoms with Crippen molar-refractivity contribution in [2.24, 2.45) is 0 Å². The molecule has 4 heterocycles. The van der Waals surface area contributed by atoms with Gasteiger partial charge in [0.15, 0.2) is 0 Å². The number of hydrogen-bond donors (Lipinski definition) is 2. The van der Waals surface area contributed by atoms with E-state index in [9.17, 15) is 14.4 Å². The number of aromatic amines is 1. The van der Waals surface area contributed by atoms with Crippen LogP contribution in [0, 0.1) is 0 Å². The number of ether oxygens (including phenoxy) is 1. The molecule has 1 atom stereocenters. The number of carbonyl (C=O) groups excluding carboxylic acids is 3. The highest BCUT2D eigenvalue weighted by Crippen LogP contribution is 2.40. The Morgan fingerprint density at radius 3 is 2.43 bits per heavy atom. The number of H-pyrrole nitrogens is 1. The van der Waals surface area contributed by atoms with Crippen molar-refractivity contribution in [3.63, 3.8) is 0 Å². The zero-order valence-corrected chi connectivity index (χ0v) is 26.0. The predicted octanol–water partition coefficient (Wildman–Crippen LogP) is 3.34. The van der Waals surface area contributed by atoms with Gasteiger partial charge in [0.2, 0.25) is 17.7 Å². The SMILES string of the molecule is COc1ccc(CC(NC(=O)CCc2cnc[nH]2)C(=O)N2CCC3(CC2)C(=O)N(Cc2cccnc2)CN3c2ccccc2)cc1. The fourth-order valence-corrected chi connectivity index (χ4v) is 6.49. The maximum absolute atomic E-state index is 14.2. The molecule has 2 aromatic carbocycles. The summed E-state index contributed by atoms with van der Waals surface area (Å²) >= 11 is 0. The fraction of sp³-hybridized carbons (Fsp3) is 0.343. The van der Waals surface area contributed by atoms with Crippen molar-refractivity contribution < 1.29 is 19.1 Å². The van der Waals surface area contributed by atoms with Crippen LogP contribution in [0.15, 0.2) is 91.6 Å². The third-order valence-electron chi connectivity index (χ3n) is 8.99. The maximum Gasteiger partial charge on any atom is 0.250 e. The molecule has 2 aliphatic rings. The van der Waals surface area contributed by atoms with Gasteiger partial charge in [-0.05, 0) is 60.7 Å². The summed E-state index contributed by atoms with van der Waals surface area (Å²) in [4.78, 5) is 58.5. The minimum Gasteiger partial charge on any atom is -0.497 e. The number of pyridine rings is 1. The number of anilines is 1. The first-order valence-electron chi connectivity index (χ1n) is 15.6. The van der Waals surface area contributed by atoms with Crippen LogP contribution in [0.1, 0.15) is 36.1 Å². The number of nitrogens with one attached hydrogen (secondary N) is 2. The monoisotopic (exact) mass is 621 g/mol. The Kier molecular flexibility index (Phi) is 9.28. The Labute approximate surface area is 268 Å². The second-order valence-corrected chi connectivity index (χ2v) is 11.9. The normalized spacial score (nSPS) is 16.5. The maximum atomic E-state index is 14.2. The number of imidazole rings is 1. The Balaban J connectivity index is 1.18. The molecule has 2 N–H and O–H groups in total. The van der Waals surface area contributed by atoms with Gasteiger partial charge >= 0.3 is 0 Å². The lowest BCUT2D eigenvalue weighted by Crippen LogP contribution is -2.59. The third kappa shape index (κ3) is 6.73. The molecule has 6 rings (SSSR count). The first-order chi connectivity index (χ1) is 22.4. The number of amides is 3. The molecule has 3 amide bonds. The summed E-state index contributed by atoms with van der Waals surface area (Å²) in [5.41, 5.74) is 2.95. The van der Waals surface area contributed by atoms with Gasteiger partial charge in [0.05, 0.1) is 20.1 Å². The summed E-state index contributed by atoms with van der Waals surface area (Å²) in [6, 6.07) is 20.6. The second-order valence-electron chi connectivity index (χ2n) is 11.9. The molecule has 1 unspecified atom stereocenters. The van der Waals surface area contributed by atoms with E-state index in [1.807, 2.05) is 71.6 Å². The summed E-state index contributed by atoms with van der Waals surface area (Å²) in [7, 11) is 1.61. The van der Waals surface area contributed by atoms with Crippen molar-refractivity contribution in [2.75, 3.05) is 31.8 Å². The zero-order chi connectivity index (χ0) is 31.9. The number of aromatic nitrogens is 3. The molecule has 4 aromatic rings. The molecule has 2 fully saturated rings. The van der Waals surface area contributed by atoms with Gasteiger partial charge in [-0.15, -0.1) is 0 Å². The van der Waals surface area contributed by atoms with Gasteiger partial charge in [0, 0.05) is 62.4 Å². The standard InChI is InChI=1S/C35H39N7O4/c1-46-30-12-9-26(10-13-30)20-31(39-32(43)14-11-28-22-37-24-38-28)33(44)40-18-15-35(16-19-40)34(45)41(23-27-6-5-17-36-21-27)25-42(35)29-7-3-2-4-8-29/h2-10,12-13,17,21-22,24,31H,11,14-16,18-20,23,25H2,1H3,(H,37,38)(H,39,43). The summed E-state index contributed by atoms with van der Waals surface area (Å²) in [5.74, 6) is 0.430. The molecule has 1 spiro atoms. The second kappa shape index (κ2) is 13.8. The van der Waals surface area contributed by atoms with Crippen LogP contribution in [0.25, 0.3) is 0 Å². The minimum atomic E-state index is -0.765. The summed E-state index contributed by atoms with van der Waals surface area (Å²) in [5, 5.41) is 3.01. The number of likely N-dealkylation sites (tertiary alicyclic amines) is 1. The first kappa shape index (κ1) is 30.8. The van der Waals surface area contributed by atoms with E-state index >= 15 is 0 Å². The van der Waals surface area contributed by atoms with Crippen molar-refractivity contribution in [3.8, 4) is 5.75 Å². The van der Waals surface area contributed by atoms with Crippen LogP contribution in [0.5, 0.6) is 5.75 Å². The van der Waals surface area contributed by atoms with E-state index in [4.69, 9.17) is 4.74 Å². The minimum absolute atomic E-state index is 0.0641. The molecule has 46 heavy (non-hydrogen) atoms. The largest absolute Gasteiger partial charge is 0.497 e. The van der Waals surface area contributed by atoms with Crippen molar-refractivity contribution in [1.29, 1.82) is 0 Å². The van der Waals surface area contributed by atoms with Gasteiger partial charge in [-0.1, -0.05) is 36.4 Å². The molecule has 238 valence electrons. The van der Waals surface area contributed by atoms with E-state index in [2.05, 4.69) is 25.2 Å². The van der Waals surface area contributed by atoms with E-state index in [0.717, 1.165) is 28.3 Å². The quantitative estimate of drug-likeness (QED) is 0.263.